The zero-order valence-electron chi connectivity index (χ0n) is 23.1. The molecule has 0 radical (unpaired) electrons. The molecule has 1 aliphatic carbocycles. The Morgan fingerprint density at radius 1 is 1.15 bits per heavy atom. The molecule has 3 rings (SSSR count). The van der Waals surface area contributed by atoms with Gasteiger partial charge < -0.3 is 19.9 Å². The summed E-state index contributed by atoms with van der Waals surface area (Å²) in [5, 5.41) is 12.5. The first kappa shape index (κ1) is 30.6. The maximum absolute atomic E-state index is 13.6. The number of aliphatic hydroxyl groups is 1. The van der Waals surface area contributed by atoms with Crippen molar-refractivity contribution in [3.63, 3.8) is 0 Å². The van der Waals surface area contributed by atoms with Crippen molar-refractivity contribution in [2.24, 2.45) is 5.92 Å². The second-order valence-electron chi connectivity index (χ2n) is 9.98. The van der Waals surface area contributed by atoms with Gasteiger partial charge in [0.05, 0.1) is 12.3 Å². The van der Waals surface area contributed by atoms with Crippen LogP contribution < -0.4 is 10.1 Å². The van der Waals surface area contributed by atoms with Gasteiger partial charge in [0.25, 0.3) is 0 Å². The van der Waals surface area contributed by atoms with Crippen LogP contribution >= 0.6 is 11.6 Å². The SMILES string of the molecule is C=C1CCC(CC(=O)Nc2cc(Cl)ccc2OCCO)C/C1=C(\C(=O)CCCOCCC)c1ccccc1C. The number of rotatable bonds is 14. The first-order valence-electron chi connectivity index (χ1n) is 13.7. The minimum atomic E-state index is -0.153. The molecule has 0 aromatic heterocycles. The Hall–Kier alpha value is -2.93. The summed E-state index contributed by atoms with van der Waals surface area (Å²) in [4.78, 5) is 26.7. The molecule has 1 aliphatic rings. The predicted octanol–water partition coefficient (Wildman–Crippen LogP) is 6.93. The van der Waals surface area contributed by atoms with E-state index in [1.165, 1.54) is 0 Å². The molecule has 0 bridgehead atoms. The largest absolute Gasteiger partial charge is 0.489 e. The fourth-order valence-electron chi connectivity index (χ4n) is 4.90. The van der Waals surface area contributed by atoms with Gasteiger partial charge in [-0.15, -0.1) is 0 Å². The number of ether oxygens (including phenoxy) is 2. The van der Waals surface area contributed by atoms with Crippen LogP contribution in [0.2, 0.25) is 5.02 Å². The molecule has 1 amide bonds. The molecule has 1 atom stereocenters. The fraction of sp³-hybridized carbons (Fsp3) is 0.438. The zero-order chi connectivity index (χ0) is 28.2. The van der Waals surface area contributed by atoms with Gasteiger partial charge in [0.15, 0.2) is 5.78 Å². The molecule has 39 heavy (non-hydrogen) atoms. The summed E-state index contributed by atoms with van der Waals surface area (Å²) in [7, 11) is 0. The number of benzene rings is 2. The maximum atomic E-state index is 13.6. The number of aryl methyl sites for hydroxylation is 1. The second kappa shape index (κ2) is 15.6. The molecular formula is C32H40ClNO5. The Morgan fingerprint density at radius 2 is 1.95 bits per heavy atom. The Balaban J connectivity index is 1.80. The molecule has 0 aliphatic heterocycles. The third-order valence-corrected chi connectivity index (χ3v) is 7.08. The van der Waals surface area contributed by atoms with E-state index >= 15 is 0 Å². The van der Waals surface area contributed by atoms with Gasteiger partial charge in [-0.2, -0.15) is 0 Å². The van der Waals surface area contributed by atoms with Crippen LogP contribution in [0.4, 0.5) is 5.69 Å². The number of allylic oxidation sites excluding steroid dienone is 3. The molecule has 6 nitrogen and oxygen atoms in total. The number of Topliss-reactive ketones (excluding diaryl/α,β-unsaturated/α-hetero) is 1. The summed E-state index contributed by atoms with van der Waals surface area (Å²) < 4.78 is 11.1. The number of carbonyl (C=O) groups is 2. The molecule has 210 valence electrons. The molecule has 0 spiro atoms. The lowest BCUT2D eigenvalue weighted by Crippen LogP contribution is -2.21. The molecule has 1 fully saturated rings. The van der Waals surface area contributed by atoms with Crippen molar-refractivity contribution in [1.29, 1.82) is 0 Å². The molecule has 0 saturated heterocycles. The van der Waals surface area contributed by atoms with Crippen LogP contribution in [-0.2, 0) is 14.3 Å². The number of hydrogen-bond acceptors (Lipinski definition) is 5. The lowest BCUT2D eigenvalue weighted by atomic mass is 9.76. The minimum Gasteiger partial charge on any atom is -0.489 e. The van der Waals surface area contributed by atoms with Gasteiger partial charge in [-0.3, -0.25) is 9.59 Å². The highest BCUT2D eigenvalue weighted by Gasteiger charge is 2.28. The molecule has 2 N–H and O–H groups in total. The van der Waals surface area contributed by atoms with Crippen LogP contribution in [-0.4, -0.2) is 43.2 Å². The van der Waals surface area contributed by atoms with E-state index in [4.69, 9.17) is 26.2 Å². The van der Waals surface area contributed by atoms with E-state index in [1.807, 2.05) is 31.2 Å². The van der Waals surface area contributed by atoms with Crippen LogP contribution in [0.5, 0.6) is 5.75 Å². The number of carbonyl (C=O) groups excluding carboxylic acids is 2. The standard InChI is InChI=1S/C32H40ClNO5/c1-4-16-38-17-7-10-29(36)32(26-9-6-5-8-22(26)2)27-19-24(12-11-23(27)3)20-31(37)34-28-21-25(33)13-14-30(28)39-18-15-35/h5-6,8-9,13-14,21,24,35H,3-4,7,10-12,15-20H2,1-2H3,(H,34,37)/b32-27+. The van der Waals surface area contributed by atoms with Gasteiger partial charge >= 0.3 is 0 Å². The van der Waals surface area contributed by atoms with E-state index in [0.29, 0.717) is 55.4 Å². The van der Waals surface area contributed by atoms with Crippen molar-refractivity contribution in [2.45, 2.75) is 58.8 Å². The van der Waals surface area contributed by atoms with Crippen LogP contribution in [0.3, 0.4) is 0 Å². The summed E-state index contributed by atoms with van der Waals surface area (Å²) in [5.74, 6) is 0.455. The summed E-state index contributed by atoms with van der Waals surface area (Å²) >= 11 is 6.15. The number of hydrogen-bond donors (Lipinski definition) is 2. The first-order valence-corrected chi connectivity index (χ1v) is 14.1. The summed E-state index contributed by atoms with van der Waals surface area (Å²) in [6.45, 7) is 9.65. The lowest BCUT2D eigenvalue weighted by molar-refractivity contribution is -0.117. The van der Waals surface area contributed by atoms with Crippen LogP contribution in [0.15, 0.2) is 60.2 Å². The number of anilines is 1. The van der Waals surface area contributed by atoms with Crippen molar-refractivity contribution in [2.75, 3.05) is 31.7 Å². The van der Waals surface area contributed by atoms with Crippen LogP contribution in [0.1, 0.15) is 63.0 Å². The highest BCUT2D eigenvalue weighted by Crippen LogP contribution is 2.40. The van der Waals surface area contributed by atoms with Crippen molar-refractivity contribution in [3.05, 3.63) is 76.3 Å². The second-order valence-corrected chi connectivity index (χ2v) is 10.4. The summed E-state index contributed by atoms with van der Waals surface area (Å²) in [6, 6.07) is 12.9. The first-order chi connectivity index (χ1) is 18.8. The average Bonchev–Trinajstić information content (AvgIpc) is 2.91. The molecule has 2 aromatic carbocycles. The van der Waals surface area contributed by atoms with Crippen LogP contribution in [0.25, 0.3) is 5.57 Å². The quantitative estimate of drug-likeness (QED) is 0.196. The molecule has 7 heteroatoms. The molecule has 0 heterocycles. The van der Waals surface area contributed by atoms with E-state index in [9.17, 15) is 9.59 Å². The van der Waals surface area contributed by atoms with Crippen molar-refractivity contribution in [3.8, 4) is 5.75 Å². The Morgan fingerprint density at radius 3 is 2.69 bits per heavy atom. The maximum Gasteiger partial charge on any atom is 0.224 e. The van der Waals surface area contributed by atoms with Gasteiger partial charge in [-0.25, -0.2) is 0 Å². The van der Waals surface area contributed by atoms with Gasteiger partial charge in [0.2, 0.25) is 5.91 Å². The predicted molar refractivity (Wildman–Crippen MR) is 157 cm³/mol. The fourth-order valence-corrected chi connectivity index (χ4v) is 5.07. The van der Waals surface area contributed by atoms with Gasteiger partial charge in [0.1, 0.15) is 12.4 Å². The summed E-state index contributed by atoms with van der Waals surface area (Å²) in [6.07, 6.45) is 4.48. The van der Waals surface area contributed by atoms with Gasteiger partial charge in [-0.1, -0.05) is 54.9 Å². The molecule has 1 saturated carbocycles. The minimum absolute atomic E-state index is 0.0613. The molecule has 2 aromatic rings. The van der Waals surface area contributed by atoms with Crippen molar-refractivity contribution in [1.82, 2.24) is 0 Å². The average molecular weight is 554 g/mol. The smallest absolute Gasteiger partial charge is 0.224 e. The Labute approximate surface area is 237 Å². The van der Waals surface area contributed by atoms with Gasteiger partial charge in [0, 0.05) is 36.7 Å². The normalized spacial score (nSPS) is 16.6. The highest BCUT2D eigenvalue weighted by molar-refractivity contribution is 6.31. The van der Waals surface area contributed by atoms with E-state index in [0.717, 1.165) is 47.1 Å². The summed E-state index contributed by atoms with van der Waals surface area (Å²) in [5.41, 5.74) is 5.10. The third kappa shape index (κ3) is 9.06. The zero-order valence-corrected chi connectivity index (χ0v) is 23.8. The lowest BCUT2D eigenvalue weighted by Gasteiger charge is -2.28. The number of ketones is 1. The van der Waals surface area contributed by atoms with E-state index in [-0.39, 0.29) is 30.8 Å². The third-order valence-electron chi connectivity index (χ3n) is 6.85. The topological polar surface area (TPSA) is 84.9 Å². The van der Waals surface area contributed by atoms with E-state index in [1.54, 1.807) is 18.2 Å². The van der Waals surface area contributed by atoms with E-state index < -0.39 is 0 Å². The van der Waals surface area contributed by atoms with Crippen LogP contribution in [0, 0.1) is 12.8 Å². The Bertz CT molecular complexity index is 1190. The monoisotopic (exact) mass is 553 g/mol. The molecule has 1 unspecified atom stereocenters. The number of nitrogens with one attached hydrogen (secondary N) is 1. The van der Waals surface area contributed by atoms with Crippen molar-refractivity contribution < 1.29 is 24.2 Å². The number of amides is 1. The van der Waals surface area contributed by atoms with Crippen molar-refractivity contribution >= 4 is 34.6 Å². The van der Waals surface area contributed by atoms with E-state index in [2.05, 4.69) is 18.8 Å². The Kier molecular flexibility index (Phi) is 12.2. The number of aliphatic hydroxyl groups excluding tert-OH is 1. The molecular weight excluding hydrogens is 514 g/mol. The highest BCUT2D eigenvalue weighted by atomic mass is 35.5. The number of halogens is 1. The van der Waals surface area contributed by atoms with Gasteiger partial charge in [-0.05, 0) is 79.8 Å².